The van der Waals surface area contributed by atoms with Crippen LogP contribution in [0.5, 0.6) is 0 Å². The first kappa shape index (κ1) is 21.4. The Hall–Kier alpha value is -2.87. The van der Waals surface area contributed by atoms with Gasteiger partial charge in [-0.15, -0.1) is 0 Å². The van der Waals surface area contributed by atoms with Gasteiger partial charge < -0.3 is 5.32 Å². The molecule has 0 atom stereocenters. The van der Waals surface area contributed by atoms with Crippen LogP contribution < -0.4 is 10.9 Å². The van der Waals surface area contributed by atoms with E-state index < -0.39 is 5.82 Å². The zero-order valence-corrected chi connectivity index (χ0v) is 18.1. The number of thioether (sulfide) groups is 1. The van der Waals surface area contributed by atoms with Gasteiger partial charge in [0, 0.05) is 5.02 Å². The van der Waals surface area contributed by atoms with Crippen LogP contribution in [-0.4, -0.2) is 21.2 Å². The number of aromatic nitrogens is 2. The summed E-state index contributed by atoms with van der Waals surface area (Å²) in [5, 5.41) is 4.09. The number of hydrogen-bond donors (Lipinski definition) is 1. The smallest absolute Gasteiger partial charge is 0.266 e. The fourth-order valence-electron chi connectivity index (χ4n) is 2.93. The molecule has 4 aromatic rings. The molecule has 4 rings (SSSR count). The highest BCUT2D eigenvalue weighted by atomic mass is 35.5. The molecule has 5 nitrogen and oxygen atoms in total. The monoisotopic (exact) mass is 473 g/mol. The molecular weight excluding hydrogens is 460 g/mol. The van der Waals surface area contributed by atoms with Crippen molar-refractivity contribution < 1.29 is 9.18 Å². The first-order valence-corrected chi connectivity index (χ1v) is 10.8. The van der Waals surface area contributed by atoms with E-state index in [1.165, 1.54) is 16.7 Å². The van der Waals surface area contributed by atoms with Crippen LogP contribution in [0.3, 0.4) is 0 Å². The molecule has 0 aliphatic carbocycles. The quantitative estimate of drug-likeness (QED) is 0.304. The molecule has 31 heavy (non-hydrogen) atoms. The topological polar surface area (TPSA) is 64.0 Å². The number of anilines is 1. The van der Waals surface area contributed by atoms with E-state index in [1.807, 2.05) is 0 Å². The predicted octanol–water partition coefficient (Wildman–Crippen LogP) is 5.56. The van der Waals surface area contributed by atoms with E-state index in [2.05, 4.69) is 10.3 Å². The summed E-state index contributed by atoms with van der Waals surface area (Å²) in [6, 6.07) is 17.5. The van der Waals surface area contributed by atoms with Gasteiger partial charge in [0.15, 0.2) is 5.16 Å². The minimum atomic E-state index is -0.496. The second-order valence-corrected chi connectivity index (χ2v) is 8.28. The lowest BCUT2D eigenvalue weighted by molar-refractivity contribution is -0.113. The number of nitrogens with zero attached hydrogens (tertiary/aromatic N) is 2. The van der Waals surface area contributed by atoms with Gasteiger partial charge in [-0.25, -0.2) is 9.37 Å². The van der Waals surface area contributed by atoms with Gasteiger partial charge in [0.1, 0.15) is 5.82 Å². The van der Waals surface area contributed by atoms with Crippen molar-refractivity contribution in [3.8, 4) is 5.69 Å². The fraction of sp³-hybridized carbons (Fsp3) is 0.0455. The van der Waals surface area contributed by atoms with Gasteiger partial charge in [0.25, 0.3) is 5.56 Å². The maximum atomic E-state index is 13.2. The average molecular weight is 474 g/mol. The second kappa shape index (κ2) is 9.09. The number of rotatable bonds is 5. The summed E-state index contributed by atoms with van der Waals surface area (Å²) in [5.41, 5.74) is 1.16. The summed E-state index contributed by atoms with van der Waals surface area (Å²) in [4.78, 5) is 30.2. The van der Waals surface area contributed by atoms with Gasteiger partial charge in [-0.1, -0.05) is 47.1 Å². The highest BCUT2D eigenvalue weighted by Gasteiger charge is 2.15. The minimum Gasteiger partial charge on any atom is -0.324 e. The van der Waals surface area contributed by atoms with Gasteiger partial charge in [-0.05, 0) is 54.6 Å². The van der Waals surface area contributed by atoms with E-state index in [4.69, 9.17) is 23.2 Å². The van der Waals surface area contributed by atoms with Crippen LogP contribution in [0.25, 0.3) is 16.6 Å². The molecule has 0 saturated heterocycles. The molecule has 0 fully saturated rings. The van der Waals surface area contributed by atoms with Crippen molar-refractivity contribution in [3.05, 3.63) is 92.9 Å². The van der Waals surface area contributed by atoms with Crippen LogP contribution >= 0.6 is 35.0 Å². The van der Waals surface area contributed by atoms with Crippen LogP contribution in [0.15, 0.2) is 76.7 Å². The lowest BCUT2D eigenvalue weighted by Gasteiger charge is -2.13. The van der Waals surface area contributed by atoms with Crippen molar-refractivity contribution in [2.75, 3.05) is 11.1 Å². The molecular formula is C22H14Cl2FN3O2S. The Bertz CT molecular complexity index is 1340. The van der Waals surface area contributed by atoms with Crippen molar-refractivity contribution in [2.45, 2.75) is 5.16 Å². The molecule has 0 saturated carbocycles. The number of para-hydroxylation sites is 1. The Morgan fingerprint density at radius 2 is 1.81 bits per heavy atom. The molecule has 0 aliphatic heterocycles. The van der Waals surface area contributed by atoms with E-state index in [0.717, 1.165) is 17.8 Å². The molecule has 0 radical (unpaired) electrons. The van der Waals surface area contributed by atoms with E-state index in [-0.39, 0.29) is 22.2 Å². The summed E-state index contributed by atoms with van der Waals surface area (Å²) in [6.45, 7) is 0. The van der Waals surface area contributed by atoms with Crippen molar-refractivity contribution in [1.29, 1.82) is 0 Å². The second-order valence-electron chi connectivity index (χ2n) is 6.49. The van der Waals surface area contributed by atoms with Crippen molar-refractivity contribution in [3.63, 3.8) is 0 Å². The van der Waals surface area contributed by atoms with Crippen LogP contribution in [-0.2, 0) is 4.79 Å². The van der Waals surface area contributed by atoms with Gasteiger partial charge >= 0.3 is 0 Å². The van der Waals surface area contributed by atoms with Crippen molar-refractivity contribution in [2.24, 2.45) is 0 Å². The highest BCUT2D eigenvalue weighted by molar-refractivity contribution is 7.99. The summed E-state index contributed by atoms with van der Waals surface area (Å²) in [7, 11) is 0. The molecule has 0 unspecified atom stereocenters. The number of carbonyl (C=O) groups excluding carboxylic acids is 1. The molecule has 0 spiro atoms. The largest absolute Gasteiger partial charge is 0.324 e. The van der Waals surface area contributed by atoms with E-state index in [0.29, 0.717) is 32.5 Å². The SMILES string of the molecule is O=C(CSc1nc2ccccc2c(=O)n1-c1ccc(Cl)cc1)Nc1ccc(F)cc1Cl. The Kier molecular flexibility index (Phi) is 6.27. The van der Waals surface area contributed by atoms with Crippen molar-refractivity contribution in [1.82, 2.24) is 9.55 Å². The molecule has 9 heteroatoms. The lowest BCUT2D eigenvalue weighted by atomic mass is 10.2. The maximum Gasteiger partial charge on any atom is 0.266 e. The first-order chi connectivity index (χ1) is 14.9. The highest BCUT2D eigenvalue weighted by Crippen LogP contribution is 2.25. The number of amides is 1. The molecule has 0 aliphatic rings. The number of fused-ring (bicyclic) bond motifs is 1. The number of halogens is 3. The van der Waals surface area contributed by atoms with Crippen LogP contribution in [0.2, 0.25) is 10.0 Å². The number of benzene rings is 3. The molecule has 1 heterocycles. The van der Waals surface area contributed by atoms with Gasteiger partial charge in [-0.2, -0.15) is 0 Å². The van der Waals surface area contributed by atoms with E-state index >= 15 is 0 Å². The maximum absolute atomic E-state index is 13.2. The molecule has 0 bridgehead atoms. The summed E-state index contributed by atoms with van der Waals surface area (Å²) >= 11 is 13.0. The summed E-state index contributed by atoms with van der Waals surface area (Å²) < 4.78 is 14.6. The predicted molar refractivity (Wildman–Crippen MR) is 123 cm³/mol. The molecule has 1 amide bonds. The zero-order chi connectivity index (χ0) is 22.0. The van der Waals surface area contributed by atoms with Crippen LogP contribution in [0, 0.1) is 5.82 Å². The minimum absolute atomic E-state index is 0.0356. The molecule has 1 N–H and O–H groups in total. The van der Waals surface area contributed by atoms with E-state index in [1.54, 1.807) is 48.5 Å². The lowest BCUT2D eigenvalue weighted by Crippen LogP contribution is -2.23. The third-order valence-corrected chi connectivity index (χ3v) is 5.87. The summed E-state index contributed by atoms with van der Waals surface area (Å²) in [6.07, 6.45) is 0. The fourth-order valence-corrected chi connectivity index (χ4v) is 4.09. The normalized spacial score (nSPS) is 10.9. The standard InChI is InChI=1S/C22H14Cl2FN3O2S/c23-13-5-8-15(9-6-13)28-21(30)16-3-1-2-4-18(16)27-22(28)31-12-20(29)26-19-10-7-14(25)11-17(19)24/h1-11H,12H2,(H,26,29). The Morgan fingerprint density at radius 3 is 2.55 bits per heavy atom. The first-order valence-electron chi connectivity index (χ1n) is 9.08. The van der Waals surface area contributed by atoms with E-state index in [9.17, 15) is 14.0 Å². The Labute approximate surface area is 190 Å². The number of carbonyl (C=O) groups is 1. The average Bonchev–Trinajstić information content (AvgIpc) is 2.75. The number of hydrogen-bond acceptors (Lipinski definition) is 4. The van der Waals surface area contributed by atoms with Crippen molar-refractivity contribution >= 4 is 57.5 Å². The van der Waals surface area contributed by atoms with Crippen LogP contribution in [0.4, 0.5) is 10.1 Å². The molecule has 156 valence electrons. The van der Waals surface area contributed by atoms with Gasteiger partial charge in [-0.3, -0.25) is 14.2 Å². The van der Waals surface area contributed by atoms with Gasteiger partial charge in [0.05, 0.1) is 33.1 Å². The molecule has 1 aromatic heterocycles. The zero-order valence-electron chi connectivity index (χ0n) is 15.8. The third-order valence-electron chi connectivity index (χ3n) is 4.37. The third kappa shape index (κ3) is 4.74. The summed E-state index contributed by atoms with van der Waals surface area (Å²) in [5.74, 6) is -0.903. The molecule has 3 aromatic carbocycles. The Morgan fingerprint density at radius 1 is 1.06 bits per heavy atom. The Balaban J connectivity index is 1.66. The van der Waals surface area contributed by atoms with Crippen LogP contribution in [0.1, 0.15) is 0 Å². The number of nitrogens with one attached hydrogen (secondary N) is 1. The van der Waals surface area contributed by atoms with Gasteiger partial charge in [0.2, 0.25) is 5.91 Å².